The number of aryl methyl sites for hydroxylation is 1. The van der Waals surface area contributed by atoms with E-state index in [1.165, 1.54) is 5.56 Å². The third kappa shape index (κ3) is 4.57. The predicted molar refractivity (Wildman–Crippen MR) is 107 cm³/mol. The summed E-state index contributed by atoms with van der Waals surface area (Å²) < 4.78 is 0. The van der Waals surface area contributed by atoms with Crippen LogP contribution in [0.2, 0.25) is 0 Å². The van der Waals surface area contributed by atoms with Gasteiger partial charge in [0.15, 0.2) is 5.11 Å². The van der Waals surface area contributed by atoms with Gasteiger partial charge in [-0.05, 0) is 55.2 Å². The molecule has 1 heterocycles. The van der Waals surface area contributed by atoms with Gasteiger partial charge in [0.1, 0.15) is 0 Å². The Balaban J connectivity index is 1.57. The molecule has 0 spiro atoms. The van der Waals surface area contributed by atoms with Gasteiger partial charge in [-0.15, -0.1) is 0 Å². The number of nitrogens with one attached hydrogen (secondary N) is 2. The van der Waals surface area contributed by atoms with Crippen molar-refractivity contribution in [3.05, 3.63) is 59.7 Å². The zero-order chi connectivity index (χ0) is 17.6. The monoisotopic (exact) mass is 353 g/mol. The van der Waals surface area contributed by atoms with Gasteiger partial charge in [-0.1, -0.05) is 36.4 Å². The van der Waals surface area contributed by atoms with E-state index >= 15 is 0 Å². The van der Waals surface area contributed by atoms with E-state index in [1.54, 1.807) is 0 Å². The Bertz CT molecular complexity index is 761. The fraction of sp³-hybridized carbons (Fsp3) is 0.300. The van der Waals surface area contributed by atoms with Gasteiger partial charge in [0.25, 0.3) is 0 Å². The number of hydrogen-bond donors (Lipinski definition) is 2. The highest BCUT2D eigenvalue weighted by molar-refractivity contribution is 7.80. The minimum atomic E-state index is 0.198. The van der Waals surface area contributed by atoms with Crippen LogP contribution in [0.1, 0.15) is 24.0 Å². The SMILES string of the molecule is Cc1ccc(NC(=S)NCCc2ccccc2)cc1N1CCCC1=O. The van der Waals surface area contributed by atoms with E-state index in [-0.39, 0.29) is 5.91 Å². The van der Waals surface area contributed by atoms with E-state index in [4.69, 9.17) is 12.2 Å². The second-order valence-electron chi connectivity index (χ2n) is 6.27. The molecule has 1 amide bonds. The second kappa shape index (κ2) is 8.12. The van der Waals surface area contributed by atoms with Crippen molar-refractivity contribution in [3.8, 4) is 0 Å². The van der Waals surface area contributed by atoms with Crippen LogP contribution in [0.15, 0.2) is 48.5 Å². The first-order chi connectivity index (χ1) is 12.1. The minimum Gasteiger partial charge on any atom is -0.362 e. The molecule has 1 saturated heterocycles. The molecule has 3 rings (SSSR count). The Labute approximate surface area is 154 Å². The lowest BCUT2D eigenvalue weighted by molar-refractivity contribution is -0.117. The predicted octanol–water partition coefficient (Wildman–Crippen LogP) is 3.65. The van der Waals surface area contributed by atoms with Gasteiger partial charge >= 0.3 is 0 Å². The maximum absolute atomic E-state index is 12.0. The normalized spacial score (nSPS) is 13.8. The van der Waals surface area contributed by atoms with Crippen LogP contribution in [0.5, 0.6) is 0 Å². The third-order valence-electron chi connectivity index (χ3n) is 4.37. The largest absolute Gasteiger partial charge is 0.362 e. The van der Waals surface area contributed by atoms with Crippen molar-refractivity contribution < 1.29 is 4.79 Å². The number of nitrogens with zero attached hydrogens (tertiary/aromatic N) is 1. The lowest BCUT2D eigenvalue weighted by Crippen LogP contribution is -2.30. The maximum atomic E-state index is 12.0. The molecule has 2 N–H and O–H groups in total. The molecule has 2 aromatic rings. The van der Waals surface area contributed by atoms with Crippen molar-refractivity contribution in [2.45, 2.75) is 26.2 Å². The Morgan fingerprint density at radius 1 is 1.20 bits per heavy atom. The molecule has 25 heavy (non-hydrogen) atoms. The Kier molecular flexibility index (Phi) is 5.66. The van der Waals surface area contributed by atoms with Crippen molar-refractivity contribution >= 4 is 34.6 Å². The Morgan fingerprint density at radius 3 is 2.72 bits per heavy atom. The molecule has 1 fully saturated rings. The number of amides is 1. The van der Waals surface area contributed by atoms with Crippen molar-refractivity contribution in [1.29, 1.82) is 0 Å². The molecular formula is C20H23N3OS. The van der Waals surface area contributed by atoms with E-state index in [0.29, 0.717) is 11.5 Å². The fourth-order valence-electron chi connectivity index (χ4n) is 3.02. The molecule has 0 unspecified atom stereocenters. The molecule has 0 aromatic heterocycles. The second-order valence-corrected chi connectivity index (χ2v) is 6.67. The average Bonchev–Trinajstić information content (AvgIpc) is 3.03. The number of carbonyl (C=O) groups excluding carboxylic acids is 1. The van der Waals surface area contributed by atoms with E-state index in [1.807, 2.05) is 48.2 Å². The molecule has 2 aromatic carbocycles. The van der Waals surface area contributed by atoms with Crippen molar-refractivity contribution in [2.24, 2.45) is 0 Å². The molecule has 0 radical (unpaired) electrons. The highest BCUT2D eigenvalue weighted by Crippen LogP contribution is 2.28. The van der Waals surface area contributed by atoms with Crippen LogP contribution in [0, 0.1) is 6.92 Å². The molecule has 1 aliphatic heterocycles. The summed E-state index contributed by atoms with van der Waals surface area (Å²) in [5.41, 5.74) is 4.25. The molecule has 1 aliphatic rings. The Hall–Kier alpha value is -2.40. The topological polar surface area (TPSA) is 44.4 Å². The number of anilines is 2. The van der Waals surface area contributed by atoms with Crippen LogP contribution < -0.4 is 15.5 Å². The van der Waals surface area contributed by atoms with Gasteiger partial charge in [0, 0.05) is 30.9 Å². The van der Waals surface area contributed by atoms with Gasteiger partial charge < -0.3 is 15.5 Å². The first-order valence-corrected chi connectivity index (χ1v) is 9.04. The van der Waals surface area contributed by atoms with E-state index in [2.05, 4.69) is 22.8 Å². The third-order valence-corrected chi connectivity index (χ3v) is 4.62. The highest BCUT2D eigenvalue weighted by Gasteiger charge is 2.23. The first-order valence-electron chi connectivity index (χ1n) is 8.63. The molecule has 0 saturated carbocycles. The molecule has 4 nitrogen and oxygen atoms in total. The summed E-state index contributed by atoms with van der Waals surface area (Å²) in [5, 5.41) is 7.04. The summed E-state index contributed by atoms with van der Waals surface area (Å²) >= 11 is 5.38. The summed E-state index contributed by atoms with van der Waals surface area (Å²) in [7, 11) is 0. The maximum Gasteiger partial charge on any atom is 0.227 e. The minimum absolute atomic E-state index is 0.198. The lowest BCUT2D eigenvalue weighted by Gasteiger charge is -2.20. The van der Waals surface area contributed by atoms with Crippen molar-refractivity contribution in [1.82, 2.24) is 5.32 Å². The van der Waals surface area contributed by atoms with Crippen LogP contribution in [0.4, 0.5) is 11.4 Å². The summed E-state index contributed by atoms with van der Waals surface area (Å²) in [5.74, 6) is 0.198. The molecular weight excluding hydrogens is 330 g/mol. The van der Waals surface area contributed by atoms with Gasteiger partial charge in [-0.2, -0.15) is 0 Å². The summed E-state index contributed by atoms with van der Waals surface area (Å²) in [6.07, 6.45) is 2.48. The number of benzene rings is 2. The molecule has 130 valence electrons. The van der Waals surface area contributed by atoms with Gasteiger partial charge in [-0.25, -0.2) is 0 Å². The van der Waals surface area contributed by atoms with Crippen LogP contribution in [0.25, 0.3) is 0 Å². The number of hydrogen-bond acceptors (Lipinski definition) is 2. The number of thiocarbonyl (C=S) groups is 1. The van der Waals surface area contributed by atoms with E-state index in [9.17, 15) is 4.79 Å². The quantitative estimate of drug-likeness (QED) is 0.806. The van der Waals surface area contributed by atoms with Gasteiger partial charge in [-0.3, -0.25) is 4.79 Å². The van der Waals surface area contributed by atoms with Gasteiger partial charge in [0.2, 0.25) is 5.91 Å². The molecule has 5 heteroatoms. The molecule has 0 bridgehead atoms. The van der Waals surface area contributed by atoms with Crippen LogP contribution >= 0.6 is 12.2 Å². The summed E-state index contributed by atoms with van der Waals surface area (Å²) in [4.78, 5) is 13.9. The van der Waals surface area contributed by atoms with Crippen LogP contribution in [-0.2, 0) is 11.2 Å². The fourth-order valence-corrected chi connectivity index (χ4v) is 3.24. The Morgan fingerprint density at radius 2 is 2.00 bits per heavy atom. The lowest BCUT2D eigenvalue weighted by atomic mass is 10.1. The summed E-state index contributed by atoms with van der Waals surface area (Å²) in [6.45, 7) is 3.60. The van der Waals surface area contributed by atoms with Crippen LogP contribution in [-0.4, -0.2) is 24.1 Å². The van der Waals surface area contributed by atoms with E-state index < -0.39 is 0 Å². The average molecular weight is 353 g/mol. The summed E-state index contributed by atoms with van der Waals surface area (Å²) in [6, 6.07) is 16.3. The van der Waals surface area contributed by atoms with E-state index in [0.717, 1.165) is 42.9 Å². The zero-order valence-electron chi connectivity index (χ0n) is 14.4. The van der Waals surface area contributed by atoms with Crippen molar-refractivity contribution in [3.63, 3.8) is 0 Å². The first kappa shape index (κ1) is 17.4. The number of carbonyl (C=O) groups is 1. The smallest absolute Gasteiger partial charge is 0.227 e. The van der Waals surface area contributed by atoms with Gasteiger partial charge in [0.05, 0.1) is 0 Å². The van der Waals surface area contributed by atoms with Crippen molar-refractivity contribution in [2.75, 3.05) is 23.3 Å². The highest BCUT2D eigenvalue weighted by atomic mass is 32.1. The zero-order valence-corrected chi connectivity index (χ0v) is 15.2. The molecule has 0 atom stereocenters. The number of rotatable bonds is 5. The van der Waals surface area contributed by atoms with Crippen LogP contribution in [0.3, 0.4) is 0 Å². The molecule has 0 aliphatic carbocycles. The standard InChI is InChI=1S/C20H23N3OS/c1-15-9-10-17(14-18(15)23-13-5-8-19(23)24)22-20(25)21-12-11-16-6-3-2-4-7-16/h2-4,6-7,9-10,14H,5,8,11-13H2,1H3,(H2,21,22,25).